The van der Waals surface area contributed by atoms with Gasteiger partial charge in [-0.2, -0.15) is 0 Å². The highest BCUT2D eigenvalue weighted by Gasteiger charge is 2.50. The van der Waals surface area contributed by atoms with Crippen LogP contribution in [0.5, 0.6) is 0 Å². The van der Waals surface area contributed by atoms with Gasteiger partial charge in [-0.05, 0) is 13.0 Å². The highest BCUT2D eigenvalue weighted by molar-refractivity contribution is 7.83. The second kappa shape index (κ2) is 5.74. The molecule has 9 heteroatoms. The molecule has 0 aromatic heterocycles. The number of hydrogen-bond acceptors (Lipinski definition) is 9. The van der Waals surface area contributed by atoms with Crippen molar-refractivity contribution in [1.82, 2.24) is 4.90 Å². The molecule has 3 N–H and O–H groups in total. The van der Waals surface area contributed by atoms with E-state index in [0.717, 1.165) is 0 Å². The van der Waals surface area contributed by atoms with Gasteiger partial charge in [-0.3, -0.25) is 4.99 Å². The first kappa shape index (κ1) is 15.6. The summed E-state index contributed by atoms with van der Waals surface area (Å²) in [5.41, 5.74) is 0.564. The number of allylic oxidation sites excluding steroid dienone is 1. The summed E-state index contributed by atoms with van der Waals surface area (Å²) in [6, 6.07) is 0. The molecule has 3 aliphatic heterocycles. The highest BCUT2D eigenvalue weighted by Crippen LogP contribution is 2.32. The van der Waals surface area contributed by atoms with Crippen molar-refractivity contribution in [2.24, 2.45) is 15.0 Å². The largest absolute Gasteiger partial charge is 0.394 e. The van der Waals surface area contributed by atoms with E-state index < -0.39 is 29.4 Å². The minimum Gasteiger partial charge on any atom is -0.394 e. The summed E-state index contributed by atoms with van der Waals surface area (Å²) in [5.74, 6) is 0.498. The van der Waals surface area contributed by atoms with Gasteiger partial charge in [-0.15, -0.1) is 12.6 Å². The topological polar surface area (TPSA) is 110 Å². The molecule has 0 amide bonds. The maximum atomic E-state index is 10.1. The first-order valence-corrected chi connectivity index (χ1v) is 7.38. The standard InChI is InChI=1S/C13H18N4O4S/c1-2-3-13(22)10-11(14-5-16-13)17(6-15-10)12-9(20)8(19)7(4-18)21-12/h2-3,5,7-9,12,18-20,22H,4,6H2,1H3/t7-,8-,9-,12-,13?/m1/s1. The summed E-state index contributed by atoms with van der Waals surface area (Å²) in [6.07, 6.45) is 1.02. The van der Waals surface area contributed by atoms with Crippen molar-refractivity contribution in [2.45, 2.75) is 36.3 Å². The molecule has 0 aromatic carbocycles. The number of nitrogens with zero attached hydrogens (tertiary/aromatic N) is 4. The Kier molecular flexibility index (Phi) is 4.08. The van der Waals surface area contributed by atoms with Crippen molar-refractivity contribution in [3.63, 3.8) is 0 Å². The summed E-state index contributed by atoms with van der Waals surface area (Å²) in [7, 11) is 0. The fourth-order valence-corrected chi connectivity index (χ4v) is 3.13. The van der Waals surface area contributed by atoms with E-state index in [1.807, 2.05) is 13.0 Å². The van der Waals surface area contributed by atoms with Gasteiger partial charge in [0.1, 0.15) is 37.0 Å². The lowest BCUT2D eigenvalue weighted by atomic mass is 10.1. The molecule has 0 aromatic rings. The lowest BCUT2D eigenvalue weighted by molar-refractivity contribution is -0.0688. The number of thiol groups is 1. The zero-order valence-electron chi connectivity index (χ0n) is 11.9. The van der Waals surface area contributed by atoms with E-state index in [0.29, 0.717) is 11.5 Å². The third-order valence-corrected chi connectivity index (χ3v) is 4.35. The Bertz CT molecular complexity index is 578. The van der Waals surface area contributed by atoms with E-state index in [2.05, 4.69) is 27.6 Å². The second-order valence-corrected chi connectivity index (χ2v) is 5.95. The molecule has 22 heavy (non-hydrogen) atoms. The fourth-order valence-electron chi connectivity index (χ4n) is 2.76. The minimum atomic E-state index is -1.16. The van der Waals surface area contributed by atoms with Crippen LogP contribution in [0.15, 0.2) is 27.1 Å². The Balaban J connectivity index is 1.86. The third-order valence-electron chi connectivity index (χ3n) is 3.87. The van der Waals surface area contributed by atoms with Crippen molar-refractivity contribution in [2.75, 3.05) is 13.3 Å². The average Bonchev–Trinajstić information content (AvgIpc) is 3.03. The zero-order chi connectivity index (χ0) is 15.9. The van der Waals surface area contributed by atoms with Gasteiger partial charge in [0.25, 0.3) is 0 Å². The summed E-state index contributed by atoms with van der Waals surface area (Å²) in [6.45, 7) is 1.70. The van der Waals surface area contributed by atoms with E-state index in [1.54, 1.807) is 11.0 Å². The molecule has 3 rings (SSSR count). The Morgan fingerprint density at radius 3 is 2.91 bits per heavy atom. The lowest BCUT2D eigenvalue weighted by Crippen LogP contribution is -2.50. The molecule has 0 saturated carbocycles. The molecule has 0 aliphatic carbocycles. The molecule has 3 heterocycles. The smallest absolute Gasteiger partial charge is 0.168 e. The summed E-state index contributed by atoms with van der Waals surface area (Å²) < 4.78 is 5.53. The normalized spacial score (nSPS) is 41.0. The first-order chi connectivity index (χ1) is 10.5. The molecule has 120 valence electrons. The van der Waals surface area contributed by atoms with Crippen molar-refractivity contribution < 1.29 is 20.1 Å². The van der Waals surface area contributed by atoms with Gasteiger partial charge in [-0.25, -0.2) is 9.98 Å². The molecule has 1 saturated heterocycles. The van der Waals surface area contributed by atoms with Gasteiger partial charge in [0, 0.05) is 0 Å². The number of aliphatic imine (C=N–C) groups is 3. The predicted octanol–water partition coefficient (Wildman–Crippen LogP) is -1.22. The summed E-state index contributed by atoms with van der Waals surface area (Å²) in [4.78, 5) is 13.6. The van der Waals surface area contributed by atoms with Crippen LogP contribution in [0.2, 0.25) is 0 Å². The molecule has 8 nitrogen and oxygen atoms in total. The maximum absolute atomic E-state index is 10.1. The van der Waals surface area contributed by atoms with Crippen molar-refractivity contribution in [1.29, 1.82) is 0 Å². The molecule has 0 radical (unpaired) electrons. The number of hydrogen-bond donors (Lipinski definition) is 4. The van der Waals surface area contributed by atoms with Gasteiger partial charge in [0.05, 0.1) is 6.61 Å². The van der Waals surface area contributed by atoms with Crippen molar-refractivity contribution in [3.8, 4) is 0 Å². The van der Waals surface area contributed by atoms with Crippen LogP contribution in [-0.2, 0) is 4.74 Å². The number of ether oxygens (including phenoxy) is 1. The molecule has 0 spiro atoms. The van der Waals surface area contributed by atoms with E-state index in [9.17, 15) is 15.3 Å². The van der Waals surface area contributed by atoms with Crippen LogP contribution in [0, 0.1) is 0 Å². The average molecular weight is 326 g/mol. The monoisotopic (exact) mass is 326 g/mol. The van der Waals surface area contributed by atoms with E-state index >= 15 is 0 Å². The van der Waals surface area contributed by atoms with Crippen molar-refractivity contribution >= 4 is 30.5 Å². The fraction of sp³-hybridized carbons (Fsp3) is 0.615. The molecule has 0 bridgehead atoms. The van der Waals surface area contributed by atoms with E-state index in [4.69, 9.17) is 4.74 Å². The quantitative estimate of drug-likeness (QED) is 0.384. The summed E-state index contributed by atoms with van der Waals surface area (Å²) in [5, 5.41) is 29.2. The van der Waals surface area contributed by atoms with Crippen LogP contribution < -0.4 is 0 Å². The number of aliphatic hydroxyl groups excluding tert-OH is 3. The van der Waals surface area contributed by atoms with Gasteiger partial charge in [0.2, 0.25) is 0 Å². The Morgan fingerprint density at radius 1 is 1.50 bits per heavy atom. The van der Waals surface area contributed by atoms with Crippen LogP contribution in [0.1, 0.15) is 6.92 Å². The Labute approximate surface area is 133 Å². The molecule has 5 atom stereocenters. The molecule has 1 unspecified atom stereocenters. The first-order valence-electron chi connectivity index (χ1n) is 6.94. The predicted molar refractivity (Wildman–Crippen MR) is 84.4 cm³/mol. The number of fused-ring (bicyclic) bond motifs is 1. The molecular formula is C13H18N4O4S. The lowest BCUT2D eigenvalue weighted by Gasteiger charge is -2.30. The molecular weight excluding hydrogens is 308 g/mol. The second-order valence-electron chi connectivity index (χ2n) is 5.27. The van der Waals surface area contributed by atoms with Crippen LogP contribution in [0.3, 0.4) is 0 Å². The van der Waals surface area contributed by atoms with Gasteiger partial charge in [0.15, 0.2) is 16.9 Å². The molecule has 3 aliphatic rings. The van der Waals surface area contributed by atoms with Crippen molar-refractivity contribution in [3.05, 3.63) is 12.2 Å². The summed E-state index contributed by atoms with van der Waals surface area (Å²) >= 11 is 4.55. The highest BCUT2D eigenvalue weighted by atomic mass is 32.1. The Morgan fingerprint density at radius 2 is 2.27 bits per heavy atom. The Hall–Kier alpha value is -1.26. The van der Waals surface area contributed by atoms with Crippen LogP contribution in [0.4, 0.5) is 0 Å². The van der Waals surface area contributed by atoms with Crippen LogP contribution >= 0.6 is 12.6 Å². The van der Waals surface area contributed by atoms with E-state index in [1.165, 1.54) is 6.34 Å². The van der Waals surface area contributed by atoms with Gasteiger partial charge < -0.3 is 25.0 Å². The van der Waals surface area contributed by atoms with Gasteiger partial charge in [-0.1, -0.05) is 6.08 Å². The number of amidine groups is 1. The maximum Gasteiger partial charge on any atom is 0.168 e. The SMILES string of the molecule is CC=CC1(S)N=CN=C2C1=NCN2[C@@H]1O[C@H](CO)[C@@H](O)[C@H]1O. The van der Waals surface area contributed by atoms with E-state index in [-0.39, 0.29) is 13.3 Å². The number of rotatable bonds is 3. The van der Waals surface area contributed by atoms with Gasteiger partial charge >= 0.3 is 0 Å². The van der Waals surface area contributed by atoms with Crippen LogP contribution in [-0.4, -0.2) is 80.8 Å². The third kappa shape index (κ3) is 2.29. The number of aliphatic hydroxyl groups is 3. The zero-order valence-corrected chi connectivity index (χ0v) is 12.8. The minimum absolute atomic E-state index is 0.212. The van der Waals surface area contributed by atoms with Crippen LogP contribution in [0.25, 0.3) is 0 Å². The molecule has 1 fully saturated rings.